The van der Waals surface area contributed by atoms with Crippen LogP contribution in [0.25, 0.3) is 6.08 Å². The zero-order valence-corrected chi connectivity index (χ0v) is 25.6. The van der Waals surface area contributed by atoms with Gasteiger partial charge in [-0.1, -0.05) is 54.4 Å². The Kier molecular flexibility index (Phi) is 11.1. The van der Waals surface area contributed by atoms with E-state index in [1.54, 1.807) is 66.7 Å². The number of anilines is 2. The molecule has 4 rings (SSSR count). The van der Waals surface area contributed by atoms with Crippen molar-refractivity contribution in [2.24, 2.45) is 0 Å². The van der Waals surface area contributed by atoms with Crippen LogP contribution in [0.5, 0.6) is 0 Å². The highest BCUT2D eigenvalue weighted by atomic mass is 35.5. The molecule has 9 nitrogen and oxygen atoms in total. The lowest BCUT2D eigenvalue weighted by Crippen LogP contribution is -2.30. The van der Waals surface area contributed by atoms with Crippen LogP contribution in [-0.2, 0) is 9.59 Å². The number of hydrogen-bond donors (Lipinski definition) is 3. The van der Waals surface area contributed by atoms with E-state index in [1.807, 2.05) is 13.0 Å². The number of halogens is 2. The van der Waals surface area contributed by atoms with Gasteiger partial charge in [-0.05, 0) is 78.7 Å². The number of rotatable bonds is 11. The molecule has 4 aromatic carbocycles. The Morgan fingerprint density at radius 1 is 0.909 bits per heavy atom. The van der Waals surface area contributed by atoms with Crippen molar-refractivity contribution in [2.45, 2.75) is 23.5 Å². The molecule has 0 fully saturated rings. The maximum atomic E-state index is 13.4. The quantitative estimate of drug-likeness (QED) is 0.0658. The van der Waals surface area contributed by atoms with Crippen molar-refractivity contribution in [3.05, 3.63) is 134 Å². The molecule has 3 amide bonds. The number of carbonyl (C=O) groups is 3. The van der Waals surface area contributed by atoms with E-state index in [4.69, 9.17) is 23.2 Å². The number of thioether (sulfide) groups is 1. The number of carbonyl (C=O) groups excluding carboxylic acids is 3. The minimum atomic E-state index is -0.616. The SMILES string of the molecule is CCC(Sc1cccc(NC(=O)/C(=C\c2ccc([N+](=O)[O-])cc2)NC(=O)c2ccccc2)c1)C(=O)Nc1cc(Cl)ccc1Cl. The van der Waals surface area contributed by atoms with Gasteiger partial charge in [-0.2, -0.15) is 0 Å². The molecule has 1 unspecified atom stereocenters. The second-order valence-corrected chi connectivity index (χ2v) is 11.5. The molecule has 0 aromatic heterocycles. The number of nitro groups is 1. The first-order valence-electron chi connectivity index (χ1n) is 13.3. The highest BCUT2D eigenvalue weighted by Gasteiger charge is 2.20. The molecule has 4 aromatic rings. The monoisotopic (exact) mass is 648 g/mol. The van der Waals surface area contributed by atoms with Crippen molar-refractivity contribution in [3.63, 3.8) is 0 Å². The predicted octanol–water partition coefficient (Wildman–Crippen LogP) is 7.82. The Hall–Kier alpha value is -4.64. The zero-order valence-electron chi connectivity index (χ0n) is 23.3. The molecular weight excluding hydrogens is 623 g/mol. The van der Waals surface area contributed by atoms with Gasteiger partial charge in [0, 0.05) is 33.3 Å². The number of nitrogens with zero attached hydrogens (tertiary/aromatic N) is 1. The van der Waals surface area contributed by atoms with Crippen LogP contribution in [0.2, 0.25) is 10.0 Å². The van der Waals surface area contributed by atoms with Crippen molar-refractivity contribution < 1.29 is 19.3 Å². The van der Waals surface area contributed by atoms with E-state index in [9.17, 15) is 24.5 Å². The van der Waals surface area contributed by atoms with Crippen LogP contribution in [-0.4, -0.2) is 27.9 Å². The van der Waals surface area contributed by atoms with Crippen LogP contribution in [0.4, 0.5) is 17.1 Å². The Balaban J connectivity index is 1.52. The van der Waals surface area contributed by atoms with Gasteiger partial charge in [-0.25, -0.2) is 0 Å². The van der Waals surface area contributed by atoms with Gasteiger partial charge in [-0.15, -0.1) is 11.8 Å². The fraction of sp³-hybridized carbons (Fsp3) is 0.0938. The third-order valence-electron chi connectivity index (χ3n) is 6.16. The van der Waals surface area contributed by atoms with Gasteiger partial charge in [0.2, 0.25) is 5.91 Å². The van der Waals surface area contributed by atoms with E-state index >= 15 is 0 Å². The third kappa shape index (κ3) is 8.93. The van der Waals surface area contributed by atoms with E-state index in [0.29, 0.717) is 39.0 Å². The van der Waals surface area contributed by atoms with Crippen LogP contribution < -0.4 is 16.0 Å². The lowest BCUT2D eigenvalue weighted by Gasteiger charge is -2.16. The summed E-state index contributed by atoms with van der Waals surface area (Å²) in [4.78, 5) is 50.6. The van der Waals surface area contributed by atoms with E-state index < -0.39 is 22.0 Å². The van der Waals surface area contributed by atoms with Gasteiger partial charge in [0.25, 0.3) is 17.5 Å². The second kappa shape index (κ2) is 15.2. The van der Waals surface area contributed by atoms with E-state index in [0.717, 1.165) is 4.90 Å². The van der Waals surface area contributed by atoms with Crippen LogP contribution in [0, 0.1) is 10.1 Å². The molecule has 0 heterocycles. The van der Waals surface area contributed by atoms with Gasteiger partial charge < -0.3 is 16.0 Å². The first-order chi connectivity index (χ1) is 21.1. The minimum absolute atomic E-state index is 0.0741. The number of benzene rings is 4. The van der Waals surface area contributed by atoms with Crippen molar-refractivity contribution in [1.29, 1.82) is 0 Å². The first kappa shape index (κ1) is 32.3. The molecule has 0 radical (unpaired) electrons. The fourth-order valence-electron chi connectivity index (χ4n) is 3.94. The molecule has 3 N–H and O–H groups in total. The van der Waals surface area contributed by atoms with Crippen molar-refractivity contribution in [3.8, 4) is 0 Å². The summed E-state index contributed by atoms with van der Waals surface area (Å²) >= 11 is 13.6. The maximum absolute atomic E-state index is 13.4. The number of nitrogens with one attached hydrogen (secondary N) is 3. The van der Waals surface area contributed by atoms with Crippen LogP contribution in [0.1, 0.15) is 29.3 Å². The van der Waals surface area contributed by atoms with Gasteiger partial charge in [0.15, 0.2) is 0 Å². The van der Waals surface area contributed by atoms with Crippen LogP contribution >= 0.6 is 35.0 Å². The van der Waals surface area contributed by atoms with Crippen LogP contribution in [0.15, 0.2) is 108 Å². The molecule has 0 aliphatic heterocycles. The third-order valence-corrected chi connectivity index (χ3v) is 8.09. The summed E-state index contributed by atoms with van der Waals surface area (Å²) in [6, 6.07) is 25.7. The Morgan fingerprint density at radius 2 is 1.64 bits per heavy atom. The Labute approximate surface area is 267 Å². The molecule has 0 spiro atoms. The lowest BCUT2D eigenvalue weighted by molar-refractivity contribution is -0.384. The first-order valence-corrected chi connectivity index (χ1v) is 14.9. The lowest BCUT2D eigenvalue weighted by atomic mass is 10.1. The summed E-state index contributed by atoms with van der Waals surface area (Å²) in [5, 5.41) is 19.6. The summed E-state index contributed by atoms with van der Waals surface area (Å²) in [7, 11) is 0. The average molecular weight is 650 g/mol. The standard InChI is InChI=1S/C32H26Cl2N4O5S/c1-2-29(32(41)36-27-18-22(33)13-16-26(27)34)44-25-10-6-9-23(19-25)35-31(40)28(37-30(39)21-7-4-3-5-8-21)17-20-11-14-24(15-12-20)38(42)43/h3-19,29H,2H2,1H3,(H,35,40)(H,36,41)(H,37,39)/b28-17+. The second-order valence-electron chi connectivity index (χ2n) is 9.34. The van der Waals surface area contributed by atoms with Crippen molar-refractivity contribution >= 4 is 75.8 Å². The molecule has 0 saturated heterocycles. The fourth-order valence-corrected chi connectivity index (χ4v) is 5.29. The summed E-state index contributed by atoms with van der Waals surface area (Å²) < 4.78 is 0. The summed E-state index contributed by atoms with van der Waals surface area (Å²) in [6.45, 7) is 1.88. The van der Waals surface area contributed by atoms with E-state index in [1.165, 1.54) is 42.1 Å². The van der Waals surface area contributed by atoms with Gasteiger partial charge in [-0.3, -0.25) is 24.5 Å². The summed E-state index contributed by atoms with van der Waals surface area (Å²) in [6.07, 6.45) is 1.94. The maximum Gasteiger partial charge on any atom is 0.272 e. The van der Waals surface area contributed by atoms with Crippen LogP contribution in [0.3, 0.4) is 0 Å². The molecule has 0 aliphatic rings. The molecule has 12 heteroatoms. The van der Waals surface area contributed by atoms with Crippen molar-refractivity contribution in [1.82, 2.24) is 5.32 Å². The van der Waals surface area contributed by atoms with E-state index in [2.05, 4.69) is 16.0 Å². The average Bonchev–Trinajstić information content (AvgIpc) is 3.02. The molecule has 224 valence electrons. The Bertz CT molecular complexity index is 1720. The predicted molar refractivity (Wildman–Crippen MR) is 175 cm³/mol. The molecule has 0 bridgehead atoms. The highest BCUT2D eigenvalue weighted by Crippen LogP contribution is 2.31. The van der Waals surface area contributed by atoms with Gasteiger partial charge >= 0.3 is 0 Å². The topological polar surface area (TPSA) is 130 Å². The molecule has 44 heavy (non-hydrogen) atoms. The zero-order chi connectivity index (χ0) is 31.6. The minimum Gasteiger partial charge on any atom is -0.324 e. The number of hydrogen-bond acceptors (Lipinski definition) is 6. The van der Waals surface area contributed by atoms with E-state index in [-0.39, 0.29) is 17.3 Å². The molecule has 1 atom stereocenters. The Morgan fingerprint density at radius 3 is 2.32 bits per heavy atom. The smallest absolute Gasteiger partial charge is 0.272 e. The number of nitro benzene ring substituents is 1. The normalized spacial score (nSPS) is 11.8. The highest BCUT2D eigenvalue weighted by molar-refractivity contribution is 8.00. The molecule has 0 aliphatic carbocycles. The van der Waals surface area contributed by atoms with Gasteiger partial charge in [0.1, 0.15) is 5.70 Å². The summed E-state index contributed by atoms with van der Waals surface area (Å²) in [5.41, 5.74) is 1.47. The van der Waals surface area contributed by atoms with Crippen molar-refractivity contribution in [2.75, 3.05) is 10.6 Å². The number of amides is 3. The summed E-state index contributed by atoms with van der Waals surface area (Å²) in [5.74, 6) is -1.38. The molecule has 0 saturated carbocycles. The number of non-ortho nitro benzene ring substituents is 1. The largest absolute Gasteiger partial charge is 0.324 e. The molecular formula is C32H26Cl2N4O5S. The van der Waals surface area contributed by atoms with Gasteiger partial charge in [0.05, 0.1) is 20.9 Å².